The van der Waals surface area contributed by atoms with E-state index in [1.807, 2.05) is 30.3 Å². The van der Waals surface area contributed by atoms with Crippen molar-refractivity contribution in [2.45, 2.75) is 25.8 Å². The van der Waals surface area contributed by atoms with E-state index in [-0.39, 0.29) is 5.91 Å². The summed E-state index contributed by atoms with van der Waals surface area (Å²) in [6.45, 7) is 2.19. The summed E-state index contributed by atoms with van der Waals surface area (Å²) < 4.78 is 0. The molecule has 4 rings (SSSR count). The third-order valence-electron chi connectivity index (χ3n) is 4.81. The van der Waals surface area contributed by atoms with Crippen LogP contribution in [0.25, 0.3) is 11.4 Å². The minimum absolute atomic E-state index is 0.162. The van der Waals surface area contributed by atoms with Gasteiger partial charge in [0.15, 0.2) is 5.82 Å². The van der Waals surface area contributed by atoms with E-state index in [4.69, 9.17) is 5.73 Å². The Morgan fingerprint density at radius 3 is 2.64 bits per heavy atom. The van der Waals surface area contributed by atoms with Gasteiger partial charge in [-0.1, -0.05) is 0 Å². The van der Waals surface area contributed by atoms with E-state index in [1.54, 1.807) is 12.3 Å². The van der Waals surface area contributed by atoms with Gasteiger partial charge in [-0.2, -0.15) is 5.10 Å². The molecule has 28 heavy (non-hydrogen) atoms. The Morgan fingerprint density at radius 2 is 1.93 bits per heavy atom. The normalized spacial score (nSPS) is 14.1. The molecule has 8 heteroatoms. The Balaban J connectivity index is 1.49. The average Bonchev–Trinajstić information content (AvgIpc) is 3.24. The third-order valence-corrected chi connectivity index (χ3v) is 4.81. The lowest BCUT2D eigenvalue weighted by atomic mass is 10.1. The number of pyridine rings is 1. The number of nitrogens with two attached hydrogens (primary N) is 1. The zero-order valence-corrected chi connectivity index (χ0v) is 15.6. The molecule has 1 amide bonds. The highest BCUT2D eigenvalue weighted by Crippen LogP contribution is 2.23. The van der Waals surface area contributed by atoms with Crippen LogP contribution in [0.4, 0.5) is 11.5 Å². The predicted octanol–water partition coefficient (Wildman–Crippen LogP) is 2.57. The van der Waals surface area contributed by atoms with Gasteiger partial charge >= 0.3 is 0 Å². The largest absolute Gasteiger partial charge is 0.356 e. The van der Waals surface area contributed by atoms with Crippen molar-refractivity contribution in [3.63, 3.8) is 0 Å². The molecule has 1 aliphatic heterocycles. The summed E-state index contributed by atoms with van der Waals surface area (Å²) in [6.07, 6.45) is 5.23. The number of anilines is 2. The lowest BCUT2D eigenvalue weighted by Gasteiger charge is -2.29. The monoisotopic (exact) mass is 377 g/mol. The summed E-state index contributed by atoms with van der Waals surface area (Å²) in [5.41, 5.74) is 7.70. The molecule has 3 heterocycles. The molecule has 0 saturated carbocycles. The van der Waals surface area contributed by atoms with Crippen LogP contribution in [0.2, 0.25) is 0 Å². The van der Waals surface area contributed by atoms with E-state index in [2.05, 4.69) is 30.4 Å². The van der Waals surface area contributed by atoms with E-state index in [0.717, 1.165) is 37.3 Å². The summed E-state index contributed by atoms with van der Waals surface area (Å²) in [6, 6.07) is 11.0. The molecule has 8 nitrogen and oxygen atoms in total. The maximum absolute atomic E-state index is 12.9. The Kier molecular flexibility index (Phi) is 5.29. The van der Waals surface area contributed by atoms with Crippen molar-refractivity contribution in [2.24, 2.45) is 5.73 Å². The van der Waals surface area contributed by atoms with Gasteiger partial charge in [-0.25, -0.2) is 9.97 Å². The van der Waals surface area contributed by atoms with Gasteiger partial charge in [-0.05, 0) is 55.7 Å². The summed E-state index contributed by atoms with van der Waals surface area (Å²) in [5, 5.41) is 9.89. The maximum Gasteiger partial charge on any atom is 0.259 e. The number of hydrogen-bond donors (Lipinski definition) is 3. The molecule has 1 aromatic carbocycles. The number of hydrogen-bond acceptors (Lipinski definition) is 6. The third kappa shape index (κ3) is 3.86. The number of amides is 1. The fraction of sp³-hybridized carbons (Fsp3) is 0.300. The van der Waals surface area contributed by atoms with Crippen LogP contribution in [0, 0.1) is 0 Å². The first-order chi connectivity index (χ1) is 13.7. The van der Waals surface area contributed by atoms with Crippen LogP contribution < -0.4 is 16.0 Å². The quantitative estimate of drug-likeness (QED) is 0.630. The molecule has 0 unspecified atom stereocenters. The lowest BCUT2D eigenvalue weighted by molar-refractivity contribution is 0.102. The molecule has 1 saturated heterocycles. The molecule has 0 bridgehead atoms. The van der Waals surface area contributed by atoms with Crippen LogP contribution in [0.5, 0.6) is 0 Å². The number of rotatable bonds is 5. The maximum atomic E-state index is 12.9. The van der Waals surface area contributed by atoms with Crippen molar-refractivity contribution in [3.05, 3.63) is 54.0 Å². The zero-order valence-electron chi connectivity index (χ0n) is 15.6. The second-order valence-corrected chi connectivity index (χ2v) is 6.76. The first-order valence-electron chi connectivity index (χ1n) is 9.47. The first kappa shape index (κ1) is 18.1. The Hall–Kier alpha value is -3.26. The second kappa shape index (κ2) is 8.18. The average molecular weight is 377 g/mol. The Bertz CT molecular complexity index is 945. The van der Waals surface area contributed by atoms with Gasteiger partial charge in [0, 0.05) is 30.5 Å². The highest BCUT2D eigenvalue weighted by Gasteiger charge is 2.19. The van der Waals surface area contributed by atoms with E-state index in [0.29, 0.717) is 29.4 Å². The molecule has 2 aromatic heterocycles. The van der Waals surface area contributed by atoms with Crippen molar-refractivity contribution in [1.29, 1.82) is 0 Å². The smallest absolute Gasteiger partial charge is 0.259 e. The molecule has 1 aliphatic rings. The number of carbonyl (C=O) groups is 1. The van der Waals surface area contributed by atoms with E-state index in [1.165, 1.54) is 6.42 Å². The highest BCUT2D eigenvalue weighted by molar-refractivity contribution is 6.07. The van der Waals surface area contributed by atoms with Crippen LogP contribution >= 0.6 is 0 Å². The number of carbonyl (C=O) groups excluding carboxylic acids is 1. The van der Waals surface area contributed by atoms with Crippen molar-refractivity contribution in [1.82, 2.24) is 20.2 Å². The van der Waals surface area contributed by atoms with Crippen LogP contribution in [-0.2, 0) is 6.54 Å². The van der Waals surface area contributed by atoms with Crippen molar-refractivity contribution < 1.29 is 4.79 Å². The molecule has 144 valence electrons. The predicted molar refractivity (Wildman–Crippen MR) is 108 cm³/mol. The standard InChI is InChI=1S/C20H23N7O/c21-13-17-24-18(26-25-17)14-6-8-15(9-7-14)23-20(28)16-5-4-10-22-19(16)27-11-2-1-3-12-27/h4-10H,1-3,11-13,21H2,(H,23,28)(H,24,25,26). The molecule has 1 fully saturated rings. The van der Waals surface area contributed by atoms with Gasteiger partial charge in [-0.15, -0.1) is 0 Å². The number of nitrogens with one attached hydrogen (secondary N) is 2. The fourth-order valence-corrected chi connectivity index (χ4v) is 3.35. The van der Waals surface area contributed by atoms with E-state index >= 15 is 0 Å². The SMILES string of the molecule is NCc1nc(-c2ccc(NC(=O)c3cccnc3N3CCCCC3)cc2)n[nH]1. The summed E-state index contributed by atoms with van der Waals surface area (Å²) in [5.74, 6) is 1.81. The molecule has 4 N–H and O–H groups in total. The van der Waals surface area contributed by atoms with Gasteiger partial charge in [-0.3, -0.25) is 9.89 Å². The van der Waals surface area contributed by atoms with Crippen LogP contribution in [0.3, 0.4) is 0 Å². The van der Waals surface area contributed by atoms with Gasteiger partial charge in [0.1, 0.15) is 11.6 Å². The summed E-state index contributed by atoms with van der Waals surface area (Å²) in [7, 11) is 0. The number of aromatic nitrogens is 4. The van der Waals surface area contributed by atoms with Crippen molar-refractivity contribution in [3.8, 4) is 11.4 Å². The zero-order chi connectivity index (χ0) is 19.3. The van der Waals surface area contributed by atoms with Gasteiger partial charge in [0.25, 0.3) is 5.91 Å². The van der Waals surface area contributed by atoms with E-state index < -0.39 is 0 Å². The minimum Gasteiger partial charge on any atom is -0.356 e. The molecular weight excluding hydrogens is 354 g/mol. The summed E-state index contributed by atoms with van der Waals surface area (Å²) >= 11 is 0. The minimum atomic E-state index is -0.162. The Labute approximate surface area is 163 Å². The fourth-order valence-electron chi connectivity index (χ4n) is 3.35. The Morgan fingerprint density at radius 1 is 1.14 bits per heavy atom. The molecule has 3 aromatic rings. The summed E-state index contributed by atoms with van der Waals surface area (Å²) in [4.78, 5) is 23.8. The number of aromatic amines is 1. The van der Waals surface area contributed by atoms with Gasteiger partial charge in [0.2, 0.25) is 0 Å². The number of nitrogens with zero attached hydrogens (tertiary/aromatic N) is 4. The molecule has 0 aliphatic carbocycles. The molecule has 0 atom stereocenters. The lowest BCUT2D eigenvalue weighted by Crippen LogP contribution is -2.32. The van der Waals surface area contributed by atoms with Gasteiger partial charge < -0.3 is 16.0 Å². The van der Waals surface area contributed by atoms with Gasteiger partial charge in [0.05, 0.1) is 12.1 Å². The van der Waals surface area contributed by atoms with Crippen LogP contribution in [0.1, 0.15) is 35.4 Å². The van der Waals surface area contributed by atoms with Crippen molar-refractivity contribution in [2.75, 3.05) is 23.3 Å². The molecular formula is C20H23N7O. The number of piperidine rings is 1. The highest BCUT2D eigenvalue weighted by atomic mass is 16.1. The molecule has 0 spiro atoms. The van der Waals surface area contributed by atoms with Crippen LogP contribution in [-0.4, -0.2) is 39.2 Å². The molecule has 0 radical (unpaired) electrons. The first-order valence-corrected chi connectivity index (χ1v) is 9.47. The topological polar surface area (TPSA) is 113 Å². The number of H-pyrrole nitrogens is 1. The van der Waals surface area contributed by atoms with Crippen LogP contribution in [0.15, 0.2) is 42.6 Å². The number of benzene rings is 1. The van der Waals surface area contributed by atoms with Crippen molar-refractivity contribution >= 4 is 17.4 Å². The second-order valence-electron chi connectivity index (χ2n) is 6.76. The van der Waals surface area contributed by atoms with E-state index in [9.17, 15) is 4.79 Å².